The summed E-state index contributed by atoms with van der Waals surface area (Å²) in [6.07, 6.45) is 3.18. The van der Waals surface area contributed by atoms with Gasteiger partial charge in [-0.15, -0.1) is 0 Å². The number of ether oxygens (including phenoxy) is 1. The molecule has 2 heteroatoms. The van der Waals surface area contributed by atoms with E-state index in [4.69, 9.17) is 4.74 Å². The maximum Gasteiger partial charge on any atom is 0.338 e. The number of hydrogen-bond donors (Lipinski definition) is 0. The Morgan fingerprint density at radius 1 is 1.12 bits per heavy atom. The first-order chi connectivity index (χ1) is 7.61. The highest BCUT2D eigenvalue weighted by atomic mass is 16.5. The van der Waals surface area contributed by atoms with E-state index in [9.17, 15) is 4.79 Å². The zero-order valence-corrected chi connectivity index (χ0v) is 9.86. The second kappa shape index (κ2) is 5.91. The average Bonchev–Trinajstić information content (AvgIpc) is 2.29. The van der Waals surface area contributed by atoms with Crippen molar-refractivity contribution in [2.75, 3.05) is 0 Å². The third kappa shape index (κ3) is 3.73. The Bertz CT molecular complexity index is 410. The number of allylic oxidation sites excluding steroid dienone is 1. The highest BCUT2D eigenvalue weighted by Crippen LogP contribution is 2.06. The fraction of sp³-hybridized carbons (Fsp3) is 0.214. The molecule has 0 aromatic heterocycles. The lowest BCUT2D eigenvalue weighted by molar-refractivity contribution is -0.133. The van der Waals surface area contributed by atoms with Crippen LogP contribution in [0, 0.1) is 0 Å². The maximum atomic E-state index is 11.4. The lowest BCUT2D eigenvalue weighted by atomic mass is 10.2. The molecule has 0 saturated carbocycles. The topological polar surface area (TPSA) is 26.3 Å². The minimum atomic E-state index is -0.299. The number of esters is 1. The number of carbonyl (C=O) groups is 1. The van der Waals surface area contributed by atoms with Gasteiger partial charge in [0.25, 0.3) is 0 Å². The molecule has 0 unspecified atom stereocenters. The van der Waals surface area contributed by atoms with Crippen LogP contribution in [0.3, 0.4) is 0 Å². The van der Waals surface area contributed by atoms with Gasteiger partial charge < -0.3 is 4.74 Å². The zero-order chi connectivity index (χ0) is 12.0. The number of rotatable bonds is 3. The van der Waals surface area contributed by atoms with Gasteiger partial charge in [0.05, 0.1) is 6.26 Å². The molecule has 0 fully saturated rings. The van der Waals surface area contributed by atoms with Crippen LogP contribution in [-0.2, 0) is 9.53 Å². The molecular weight excluding hydrogens is 200 g/mol. The fourth-order valence-electron chi connectivity index (χ4n) is 1.03. The van der Waals surface area contributed by atoms with Crippen molar-refractivity contribution in [1.29, 1.82) is 0 Å². The van der Waals surface area contributed by atoms with E-state index in [0.717, 1.165) is 11.1 Å². The summed E-state index contributed by atoms with van der Waals surface area (Å²) in [6.45, 7) is 5.53. The Morgan fingerprint density at radius 3 is 2.31 bits per heavy atom. The molecule has 0 aliphatic carbocycles. The maximum absolute atomic E-state index is 11.4. The summed E-state index contributed by atoms with van der Waals surface area (Å²) in [5, 5.41) is 0. The Morgan fingerprint density at radius 2 is 1.75 bits per heavy atom. The minimum Gasteiger partial charge on any atom is -0.431 e. The second-order valence-corrected chi connectivity index (χ2v) is 3.74. The van der Waals surface area contributed by atoms with E-state index in [1.165, 1.54) is 6.26 Å². The van der Waals surface area contributed by atoms with Gasteiger partial charge in [0, 0.05) is 5.57 Å². The number of carbonyl (C=O) groups excluding carboxylic acids is 1. The molecule has 0 radical (unpaired) electrons. The monoisotopic (exact) mass is 216 g/mol. The lowest BCUT2D eigenvalue weighted by Crippen LogP contribution is -2.02. The van der Waals surface area contributed by atoms with E-state index in [2.05, 4.69) is 0 Å². The second-order valence-electron chi connectivity index (χ2n) is 3.74. The summed E-state index contributed by atoms with van der Waals surface area (Å²) in [7, 11) is 0. The Hall–Kier alpha value is -1.83. The van der Waals surface area contributed by atoms with E-state index >= 15 is 0 Å². The third-order valence-corrected chi connectivity index (χ3v) is 2.29. The van der Waals surface area contributed by atoms with E-state index in [1.807, 2.05) is 44.2 Å². The molecule has 84 valence electrons. The van der Waals surface area contributed by atoms with Crippen LogP contribution in [0.2, 0.25) is 0 Å². The van der Waals surface area contributed by atoms with Crippen molar-refractivity contribution in [3.8, 4) is 0 Å². The van der Waals surface area contributed by atoms with Crippen molar-refractivity contribution in [1.82, 2.24) is 0 Å². The van der Waals surface area contributed by atoms with Crippen LogP contribution in [0.25, 0.3) is 6.08 Å². The Labute approximate surface area is 96.2 Å². The molecule has 0 saturated heterocycles. The van der Waals surface area contributed by atoms with Gasteiger partial charge in [0.15, 0.2) is 0 Å². The standard InChI is InChI=1S/C14H16O2/c1-11(2)12(3)14(15)16-10-9-13-7-5-4-6-8-13/h4-10H,1-3H3. The highest BCUT2D eigenvalue weighted by Gasteiger charge is 2.04. The molecule has 0 heterocycles. The molecule has 0 aliphatic heterocycles. The summed E-state index contributed by atoms with van der Waals surface area (Å²) >= 11 is 0. The summed E-state index contributed by atoms with van der Waals surface area (Å²) < 4.78 is 4.99. The Balaban J connectivity index is 2.56. The molecule has 1 aromatic rings. The number of hydrogen-bond acceptors (Lipinski definition) is 2. The lowest BCUT2D eigenvalue weighted by Gasteiger charge is -2.00. The van der Waals surface area contributed by atoms with Crippen molar-refractivity contribution < 1.29 is 9.53 Å². The summed E-state index contributed by atoms with van der Waals surface area (Å²) in [4.78, 5) is 11.4. The van der Waals surface area contributed by atoms with E-state index in [-0.39, 0.29) is 5.97 Å². The molecule has 0 amide bonds. The third-order valence-electron chi connectivity index (χ3n) is 2.29. The van der Waals surface area contributed by atoms with Crippen molar-refractivity contribution in [2.45, 2.75) is 20.8 Å². The first kappa shape index (κ1) is 12.2. The zero-order valence-electron chi connectivity index (χ0n) is 9.86. The SMILES string of the molecule is CC(C)=C(C)C(=O)OC=Cc1ccccc1. The minimum absolute atomic E-state index is 0.299. The van der Waals surface area contributed by atoms with Gasteiger partial charge in [0.2, 0.25) is 0 Å². The molecule has 0 spiro atoms. The predicted octanol–water partition coefficient (Wildman–Crippen LogP) is 3.56. The molecule has 1 rings (SSSR count). The molecule has 0 N–H and O–H groups in total. The van der Waals surface area contributed by atoms with Crippen LogP contribution in [0.15, 0.2) is 47.7 Å². The van der Waals surface area contributed by atoms with Crippen molar-refractivity contribution >= 4 is 12.0 Å². The van der Waals surface area contributed by atoms with Crippen molar-refractivity contribution in [3.05, 3.63) is 53.3 Å². The van der Waals surface area contributed by atoms with Gasteiger partial charge in [-0.05, 0) is 32.4 Å². The van der Waals surface area contributed by atoms with Gasteiger partial charge in [-0.25, -0.2) is 4.79 Å². The van der Waals surface area contributed by atoms with Crippen molar-refractivity contribution in [3.63, 3.8) is 0 Å². The highest BCUT2D eigenvalue weighted by molar-refractivity contribution is 5.89. The Kier molecular flexibility index (Phi) is 4.52. The smallest absolute Gasteiger partial charge is 0.338 e. The fourth-order valence-corrected chi connectivity index (χ4v) is 1.03. The van der Waals surface area contributed by atoms with E-state index in [1.54, 1.807) is 13.0 Å². The van der Waals surface area contributed by atoms with Crippen LogP contribution in [0.4, 0.5) is 0 Å². The summed E-state index contributed by atoms with van der Waals surface area (Å²) in [5.74, 6) is -0.299. The molecule has 16 heavy (non-hydrogen) atoms. The van der Waals surface area contributed by atoms with Crippen LogP contribution in [0.1, 0.15) is 26.3 Å². The van der Waals surface area contributed by atoms with Gasteiger partial charge in [-0.1, -0.05) is 35.9 Å². The quantitative estimate of drug-likeness (QED) is 0.438. The largest absolute Gasteiger partial charge is 0.431 e. The van der Waals surface area contributed by atoms with Gasteiger partial charge in [0.1, 0.15) is 0 Å². The molecule has 1 aromatic carbocycles. The van der Waals surface area contributed by atoms with Gasteiger partial charge in [-0.2, -0.15) is 0 Å². The molecule has 0 bridgehead atoms. The van der Waals surface area contributed by atoms with E-state index < -0.39 is 0 Å². The van der Waals surface area contributed by atoms with Gasteiger partial charge >= 0.3 is 5.97 Å². The normalized spacial score (nSPS) is 10.2. The molecule has 0 atom stereocenters. The van der Waals surface area contributed by atoms with Crippen molar-refractivity contribution in [2.24, 2.45) is 0 Å². The molecular formula is C14H16O2. The summed E-state index contributed by atoms with van der Waals surface area (Å²) in [5.41, 5.74) is 2.63. The predicted molar refractivity (Wildman–Crippen MR) is 65.6 cm³/mol. The van der Waals surface area contributed by atoms with Gasteiger partial charge in [-0.3, -0.25) is 0 Å². The average molecular weight is 216 g/mol. The van der Waals surface area contributed by atoms with Crippen LogP contribution in [-0.4, -0.2) is 5.97 Å². The van der Waals surface area contributed by atoms with E-state index in [0.29, 0.717) is 5.57 Å². The number of benzene rings is 1. The van der Waals surface area contributed by atoms with Crippen LogP contribution >= 0.6 is 0 Å². The van der Waals surface area contributed by atoms with Crippen LogP contribution < -0.4 is 0 Å². The molecule has 0 aliphatic rings. The first-order valence-electron chi connectivity index (χ1n) is 5.18. The molecule has 2 nitrogen and oxygen atoms in total. The summed E-state index contributed by atoms with van der Waals surface area (Å²) in [6, 6.07) is 9.69. The first-order valence-corrected chi connectivity index (χ1v) is 5.18. The van der Waals surface area contributed by atoms with Crippen LogP contribution in [0.5, 0.6) is 0 Å².